The highest BCUT2D eigenvalue weighted by Gasteiger charge is 1.90. The zero-order valence-corrected chi connectivity index (χ0v) is 7.07. The van der Waals surface area contributed by atoms with Gasteiger partial charge in [-0.2, -0.15) is 5.10 Å². The average Bonchev–Trinajstić information content (AvgIpc) is 2.71. The molecule has 0 aromatic carbocycles. The van der Waals surface area contributed by atoms with E-state index in [4.69, 9.17) is 0 Å². The first-order chi connectivity index (χ1) is 6.34. The summed E-state index contributed by atoms with van der Waals surface area (Å²) < 4.78 is 3.36. The zero-order chi connectivity index (χ0) is 9.10. The summed E-state index contributed by atoms with van der Waals surface area (Å²) in [5.41, 5.74) is 0.802. The van der Waals surface area contributed by atoms with E-state index in [2.05, 4.69) is 20.3 Å². The van der Waals surface area contributed by atoms with Gasteiger partial charge in [-0.15, -0.1) is 10.2 Å². The summed E-state index contributed by atoms with van der Waals surface area (Å²) in [6.07, 6.45) is 8.25. The van der Waals surface area contributed by atoms with E-state index in [1.807, 2.05) is 17.8 Å². The fraction of sp³-hybridized carbons (Fsp3) is 0.143. The average molecular weight is 176 g/mol. The van der Waals surface area contributed by atoms with Crippen LogP contribution >= 0.6 is 0 Å². The lowest BCUT2D eigenvalue weighted by atomic mass is 10.5. The summed E-state index contributed by atoms with van der Waals surface area (Å²) in [6.45, 7) is 0. The third kappa shape index (κ3) is 1.78. The number of hydrogen-bond donors (Lipinski definition) is 0. The SMILES string of the molecule is Cn1cnc(/C=N/n2cnnc2)c1. The molecule has 0 unspecified atom stereocenters. The van der Waals surface area contributed by atoms with Gasteiger partial charge in [-0.1, -0.05) is 0 Å². The van der Waals surface area contributed by atoms with Gasteiger partial charge in [-0.05, 0) is 0 Å². The topological polar surface area (TPSA) is 60.9 Å². The van der Waals surface area contributed by atoms with Crippen LogP contribution in [-0.2, 0) is 7.05 Å². The van der Waals surface area contributed by atoms with E-state index in [0.717, 1.165) is 5.69 Å². The third-order valence-corrected chi connectivity index (χ3v) is 1.45. The standard InChI is InChI=1S/C7H8N6/c1-12-3-7(8-4-12)2-11-13-5-9-10-6-13/h2-6H,1H3/b11-2+. The van der Waals surface area contributed by atoms with Crippen LogP contribution in [0.5, 0.6) is 0 Å². The Balaban J connectivity index is 2.14. The van der Waals surface area contributed by atoms with Gasteiger partial charge in [0.25, 0.3) is 0 Å². The predicted molar refractivity (Wildman–Crippen MR) is 46.2 cm³/mol. The Morgan fingerprint density at radius 1 is 1.31 bits per heavy atom. The molecule has 13 heavy (non-hydrogen) atoms. The zero-order valence-electron chi connectivity index (χ0n) is 7.07. The van der Waals surface area contributed by atoms with Crippen molar-refractivity contribution >= 4 is 6.21 Å². The van der Waals surface area contributed by atoms with E-state index >= 15 is 0 Å². The summed E-state index contributed by atoms with van der Waals surface area (Å²) in [5, 5.41) is 11.3. The maximum absolute atomic E-state index is 4.07. The Morgan fingerprint density at radius 2 is 2.08 bits per heavy atom. The molecule has 0 aliphatic heterocycles. The molecule has 0 spiro atoms. The van der Waals surface area contributed by atoms with Crippen LogP contribution in [0.15, 0.2) is 30.3 Å². The van der Waals surface area contributed by atoms with Crippen LogP contribution in [0.25, 0.3) is 0 Å². The Labute approximate surface area is 74.5 Å². The molecule has 6 nitrogen and oxygen atoms in total. The quantitative estimate of drug-likeness (QED) is 0.600. The minimum Gasteiger partial charge on any atom is -0.340 e. The lowest BCUT2D eigenvalue weighted by Crippen LogP contribution is -1.87. The van der Waals surface area contributed by atoms with E-state index in [0.29, 0.717) is 0 Å². The molecule has 6 heteroatoms. The second-order valence-corrected chi connectivity index (χ2v) is 2.55. The van der Waals surface area contributed by atoms with Crippen molar-refractivity contribution in [3.8, 4) is 0 Å². The minimum absolute atomic E-state index is 0.802. The van der Waals surface area contributed by atoms with Gasteiger partial charge < -0.3 is 4.57 Å². The van der Waals surface area contributed by atoms with Crippen molar-refractivity contribution in [2.75, 3.05) is 0 Å². The van der Waals surface area contributed by atoms with Crippen LogP contribution in [0.3, 0.4) is 0 Å². The molecule has 0 amide bonds. The number of aryl methyl sites for hydroxylation is 1. The Hall–Kier alpha value is -1.98. The van der Waals surface area contributed by atoms with Gasteiger partial charge in [0.05, 0.1) is 12.5 Å². The summed E-state index contributed by atoms with van der Waals surface area (Å²) in [5.74, 6) is 0. The second kappa shape index (κ2) is 3.18. The highest BCUT2D eigenvalue weighted by Crippen LogP contribution is 1.89. The highest BCUT2D eigenvalue weighted by molar-refractivity contribution is 5.76. The second-order valence-electron chi connectivity index (χ2n) is 2.55. The Kier molecular flexibility index (Phi) is 1.87. The van der Waals surface area contributed by atoms with E-state index in [9.17, 15) is 0 Å². The summed E-state index contributed by atoms with van der Waals surface area (Å²) >= 11 is 0. The molecular weight excluding hydrogens is 168 g/mol. The molecule has 0 fully saturated rings. The number of rotatable bonds is 2. The molecule has 66 valence electrons. The van der Waals surface area contributed by atoms with Crippen molar-refractivity contribution < 1.29 is 0 Å². The first-order valence-electron chi connectivity index (χ1n) is 3.71. The van der Waals surface area contributed by atoms with Gasteiger partial charge in [-0.3, -0.25) is 0 Å². The molecule has 0 saturated carbocycles. The van der Waals surface area contributed by atoms with Crippen molar-refractivity contribution in [2.24, 2.45) is 12.1 Å². The third-order valence-electron chi connectivity index (χ3n) is 1.45. The normalized spacial score (nSPS) is 11.2. The Morgan fingerprint density at radius 3 is 2.69 bits per heavy atom. The molecular formula is C7H8N6. The lowest BCUT2D eigenvalue weighted by molar-refractivity contribution is 0.877. The van der Waals surface area contributed by atoms with Gasteiger partial charge in [0, 0.05) is 13.2 Å². The lowest BCUT2D eigenvalue weighted by Gasteiger charge is -1.85. The Bertz CT molecular complexity index is 398. The molecule has 0 saturated heterocycles. The van der Waals surface area contributed by atoms with Crippen LogP contribution in [0.1, 0.15) is 5.69 Å². The number of aromatic nitrogens is 5. The van der Waals surface area contributed by atoms with Gasteiger partial charge >= 0.3 is 0 Å². The molecule has 0 aliphatic carbocycles. The minimum atomic E-state index is 0.802. The summed E-state index contributed by atoms with van der Waals surface area (Å²) in [7, 11) is 1.91. The van der Waals surface area contributed by atoms with E-state index in [-0.39, 0.29) is 0 Å². The van der Waals surface area contributed by atoms with Crippen molar-refractivity contribution in [1.29, 1.82) is 0 Å². The smallest absolute Gasteiger partial charge is 0.141 e. The summed E-state index contributed by atoms with van der Waals surface area (Å²) in [6, 6.07) is 0. The van der Waals surface area contributed by atoms with E-state index in [1.165, 1.54) is 17.3 Å². The van der Waals surface area contributed by atoms with Gasteiger partial charge in [0.2, 0.25) is 0 Å². The molecule has 0 aliphatic rings. The molecule has 2 rings (SSSR count). The molecule has 0 atom stereocenters. The molecule has 0 N–H and O–H groups in total. The number of imidazole rings is 1. The van der Waals surface area contributed by atoms with Crippen LogP contribution in [0, 0.1) is 0 Å². The van der Waals surface area contributed by atoms with Crippen molar-refractivity contribution in [3.05, 3.63) is 30.9 Å². The van der Waals surface area contributed by atoms with E-state index in [1.54, 1.807) is 12.5 Å². The number of hydrogen-bond acceptors (Lipinski definition) is 4. The monoisotopic (exact) mass is 176 g/mol. The highest BCUT2D eigenvalue weighted by atomic mass is 15.4. The predicted octanol–water partition coefficient (Wildman–Crippen LogP) is -0.106. The maximum Gasteiger partial charge on any atom is 0.141 e. The van der Waals surface area contributed by atoms with Gasteiger partial charge in [0.15, 0.2) is 0 Å². The van der Waals surface area contributed by atoms with E-state index < -0.39 is 0 Å². The molecule has 2 aromatic rings. The van der Waals surface area contributed by atoms with Crippen molar-refractivity contribution in [3.63, 3.8) is 0 Å². The largest absolute Gasteiger partial charge is 0.340 e. The van der Waals surface area contributed by atoms with Crippen LogP contribution in [0.4, 0.5) is 0 Å². The summed E-state index contributed by atoms with van der Waals surface area (Å²) in [4.78, 5) is 4.07. The number of nitrogens with zero attached hydrogens (tertiary/aromatic N) is 6. The fourth-order valence-electron chi connectivity index (χ4n) is 0.880. The van der Waals surface area contributed by atoms with Gasteiger partial charge in [-0.25, -0.2) is 9.66 Å². The first kappa shape index (κ1) is 7.66. The first-order valence-corrected chi connectivity index (χ1v) is 3.71. The molecule has 2 heterocycles. The maximum atomic E-state index is 4.07. The van der Waals surface area contributed by atoms with Crippen molar-refractivity contribution in [1.82, 2.24) is 24.4 Å². The van der Waals surface area contributed by atoms with Crippen LogP contribution < -0.4 is 0 Å². The van der Waals surface area contributed by atoms with Crippen LogP contribution in [-0.4, -0.2) is 30.6 Å². The van der Waals surface area contributed by atoms with Crippen LogP contribution in [0.2, 0.25) is 0 Å². The van der Waals surface area contributed by atoms with Gasteiger partial charge in [0.1, 0.15) is 18.3 Å². The van der Waals surface area contributed by atoms with Crippen molar-refractivity contribution in [2.45, 2.75) is 0 Å². The fourth-order valence-corrected chi connectivity index (χ4v) is 0.880. The molecule has 2 aromatic heterocycles. The molecule has 0 radical (unpaired) electrons. The molecule has 0 bridgehead atoms.